The van der Waals surface area contributed by atoms with Crippen molar-refractivity contribution in [3.05, 3.63) is 28.1 Å². The van der Waals surface area contributed by atoms with Crippen LogP contribution in [0.5, 0.6) is 0 Å². The Kier molecular flexibility index (Phi) is 3.51. The highest BCUT2D eigenvalue weighted by atomic mass is 32.1. The first-order valence-corrected chi connectivity index (χ1v) is 6.64. The average Bonchev–Trinajstić information content (AvgIpc) is 2.83. The highest BCUT2D eigenvalue weighted by Gasteiger charge is 2.06. The van der Waals surface area contributed by atoms with E-state index in [9.17, 15) is 0 Å². The van der Waals surface area contributed by atoms with Gasteiger partial charge in [0.1, 0.15) is 5.01 Å². The van der Waals surface area contributed by atoms with Crippen LogP contribution in [0.15, 0.2) is 18.3 Å². The molecular weight excluding hydrogens is 224 g/mol. The SMILES string of the molecule is Cc1ccc(-c2ncc(CCCN)s2)s1. The molecule has 0 aliphatic heterocycles. The van der Waals surface area contributed by atoms with Crippen molar-refractivity contribution in [3.8, 4) is 9.88 Å². The predicted molar refractivity (Wildman–Crippen MR) is 67.5 cm³/mol. The molecule has 0 radical (unpaired) electrons. The molecule has 0 atom stereocenters. The van der Waals surface area contributed by atoms with Crippen LogP contribution in [0.1, 0.15) is 16.2 Å². The van der Waals surface area contributed by atoms with E-state index in [-0.39, 0.29) is 0 Å². The minimum absolute atomic E-state index is 0.755. The van der Waals surface area contributed by atoms with Gasteiger partial charge in [-0.1, -0.05) is 0 Å². The number of thiophene rings is 1. The van der Waals surface area contributed by atoms with E-state index in [0.717, 1.165) is 24.4 Å². The molecule has 0 unspecified atom stereocenters. The van der Waals surface area contributed by atoms with Gasteiger partial charge in [-0.15, -0.1) is 22.7 Å². The quantitative estimate of drug-likeness (QED) is 0.889. The lowest BCUT2D eigenvalue weighted by Crippen LogP contribution is -1.99. The number of nitrogens with two attached hydrogens (primary N) is 1. The third kappa shape index (κ3) is 2.65. The number of nitrogens with zero attached hydrogens (tertiary/aromatic N) is 1. The molecule has 80 valence electrons. The van der Waals surface area contributed by atoms with Crippen molar-refractivity contribution in [1.29, 1.82) is 0 Å². The van der Waals surface area contributed by atoms with E-state index in [1.54, 1.807) is 22.7 Å². The van der Waals surface area contributed by atoms with Crippen molar-refractivity contribution in [2.45, 2.75) is 19.8 Å². The summed E-state index contributed by atoms with van der Waals surface area (Å²) in [6.07, 6.45) is 4.08. The van der Waals surface area contributed by atoms with Gasteiger partial charge in [0.15, 0.2) is 0 Å². The standard InChI is InChI=1S/C11H14N2S2/c1-8-4-5-10(14-8)11-13-7-9(15-11)3-2-6-12/h4-5,7H,2-3,6,12H2,1H3. The Morgan fingerprint density at radius 1 is 1.33 bits per heavy atom. The lowest BCUT2D eigenvalue weighted by atomic mass is 10.3. The summed E-state index contributed by atoms with van der Waals surface area (Å²) in [5.74, 6) is 0. The number of hydrogen-bond donors (Lipinski definition) is 1. The zero-order valence-electron chi connectivity index (χ0n) is 8.69. The Labute approximate surface area is 97.8 Å². The molecule has 2 rings (SSSR count). The van der Waals surface area contributed by atoms with E-state index < -0.39 is 0 Å². The van der Waals surface area contributed by atoms with E-state index >= 15 is 0 Å². The molecule has 0 aliphatic carbocycles. The summed E-state index contributed by atoms with van der Waals surface area (Å²) in [6, 6.07) is 4.28. The fourth-order valence-corrected chi connectivity index (χ4v) is 3.25. The van der Waals surface area contributed by atoms with Gasteiger partial charge in [-0.25, -0.2) is 4.98 Å². The van der Waals surface area contributed by atoms with Crippen molar-refractivity contribution in [2.24, 2.45) is 5.73 Å². The first kappa shape index (κ1) is 10.8. The van der Waals surface area contributed by atoms with Crippen LogP contribution in [-0.4, -0.2) is 11.5 Å². The van der Waals surface area contributed by atoms with Crippen molar-refractivity contribution < 1.29 is 0 Å². The smallest absolute Gasteiger partial charge is 0.133 e. The van der Waals surface area contributed by atoms with Gasteiger partial charge in [0.25, 0.3) is 0 Å². The molecule has 0 fully saturated rings. The average molecular weight is 238 g/mol. The molecule has 2 aromatic rings. The molecule has 4 heteroatoms. The van der Waals surface area contributed by atoms with Crippen LogP contribution >= 0.6 is 22.7 Å². The number of thiazole rings is 1. The molecule has 2 N–H and O–H groups in total. The highest BCUT2D eigenvalue weighted by molar-refractivity contribution is 7.21. The molecule has 2 heterocycles. The van der Waals surface area contributed by atoms with Gasteiger partial charge in [0.2, 0.25) is 0 Å². The molecule has 0 amide bonds. The van der Waals surface area contributed by atoms with Crippen molar-refractivity contribution >= 4 is 22.7 Å². The molecule has 0 bridgehead atoms. The van der Waals surface area contributed by atoms with Crippen LogP contribution in [-0.2, 0) is 6.42 Å². The first-order valence-electron chi connectivity index (χ1n) is 5.01. The molecule has 2 nitrogen and oxygen atoms in total. The Morgan fingerprint density at radius 3 is 2.87 bits per heavy atom. The number of aromatic nitrogens is 1. The zero-order chi connectivity index (χ0) is 10.7. The Bertz CT molecular complexity index is 431. The van der Waals surface area contributed by atoms with Gasteiger partial charge < -0.3 is 5.73 Å². The van der Waals surface area contributed by atoms with Crippen molar-refractivity contribution in [2.75, 3.05) is 6.54 Å². The van der Waals surface area contributed by atoms with Gasteiger partial charge in [-0.05, 0) is 38.4 Å². The highest BCUT2D eigenvalue weighted by Crippen LogP contribution is 2.31. The van der Waals surface area contributed by atoms with Gasteiger partial charge in [0.05, 0.1) is 4.88 Å². The van der Waals surface area contributed by atoms with E-state index in [1.807, 2.05) is 6.20 Å². The molecule has 0 aromatic carbocycles. The lowest BCUT2D eigenvalue weighted by molar-refractivity contribution is 0.841. The molecule has 0 spiro atoms. The number of hydrogen-bond acceptors (Lipinski definition) is 4. The van der Waals surface area contributed by atoms with Crippen LogP contribution in [0.4, 0.5) is 0 Å². The molecule has 0 saturated carbocycles. The molecule has 15 heavy (non-hydrogen) atoms. The summed E-state index contributed by atoms with van der Waals surface area (Å²) in [7, 11) is 0. The lowest BCUT2D eigenvalue weighted by Gasteiger charge is -1.91. The summed E-state index contributed by atoms with van der Waals surface area (Å²) in [5.41, 5.74) is 5.48. The predicted octanol–water partition coefficient (Wildman–Crippen LogP) is 3.07. The maximum atomic E-state index is 5.48. The summed E-state index contributed by atoms with van der Waals surface area (Å²) in [6.45, 7) is 2.88. The molecule has 0 saturated heterocycles. The van der Waals surface area contributed by atoms with E-state index in [4.69, 9.17) is 5.73 Å². The Balaban J connectivity index is 2.13. The molecular formula is C11H14N2S2. The number of rotatable bonds is 4. The maximum absolute atomic E-state index is 5.48. The third-order valence-corrected chi connectivity index (χ3v) is 4.36. The third-order valence-electron chi connectivity index (χ3n) is 2.13. The van der Waals surface area contributed by atoms with E-state index in [2.05, 4.69) is 24.0 Å². The zero-order valence-corrected chi connectivity index (χ0v) is 10.3. The molecule has 2 aromatic heterocycles. The van der Waals surface area contributed by atoms with Gasteiger partial charge in [-0.3, -0.25) is 0 Å². The van der Waals surface area contributed by atoms with E-state index in [1.165, 1.54) is 14.6 Å². The summed E-state index contributed by atoms with van der Waals surface area (Å²) >= 11 is 3.58. The normalized spacial score (nSPS) is 10.8. The number of aryl methyl sites for hydroxylation is 2. The van der Waals surface area contributed by atoms with Gasteiger partial charge >= 0.3 is 0 Å². The summed E-state index contributed by atoms with van der Waals surface area (Å²) < 4.78 is 0. The second-order valence-electron chi connectivity index (χ2n) is 3.43. The van der Waals surface area contributed by atoms with E-state index in [0.29, 0.717) is 0 Å². The second-order valence-corrected chi connectivity index (χ2v) is 5.84. The Hall–Kier alpha value is -0.710. The fraction of sp³-hybridized carbons (Fsp3) is 0.364. The van der Waals surface area contributed by atoms with Crippen LogP contribution in [0.2, 0.25) is 0 Å². The minimum atomic E-state index is 0.755. The molecule has 0 aliphatic rings. The van der Waals surface area contributed by atoms with Gasteiger partial charge in [0, 0.05) is 16.0 Å². The van der Waals surface area contributed by atoms with Crippen LogP contribution in [0, 0.1) is 6.92 Å². The summed E-state index contributed by atoms with van der Waals surface area (Å²) in [4.78, 5) is 8.39. The van der Waals surface area contributed by atoms with Crippen molar-refractivity contribution in [3.63, 3.8) is 0 Å². The fourth-order valence-electron chi connectivity index (χ4n) is 1.36. The minimum Gasteiger partial charge on any atom is -0.330 e. The largest absolute Gasteiger partial charge is 0.330 e. The monoisotopic (exact) mass is 238 g/mol. The van der Waals surface area contributed by atoms with Crippen LogP contribution < -0.4 is 5.73 Å². The van der Waals surface area contributed by atoms with Crippen molar-refractivity contribution in [1.82, 2.24) is 4.98 Å². The van der Waals surface area contributed by atoms with Gasteiger partial charge in [-0.2, -0.15) is 0 Å². The first-order chi connectivity index (χ1) is 7.29. The topological polar surface area (TPSA) is 38.9 Å². The van der Waals surface area contributed by atoms with Crippen LogP contribution in [0.25, 0.3) is 9.88 Å². The second kappa shape index (κ2) is 4.88. The van der Waals surface area contributed by atoms with Crippen LogP contribution in [0.3, 0.4) is 0 Å². The Morgan fingerprint density at radius 2 is 2.20 bits per heavy atom. The maximum Gasteiger partial charge on any atom is 0.133 e. The summed E-state index contributed by atoms with van der Waals surface area (Å²) in [5, 5.41) is 1.14.